The molecule has 0 radical (unpaired) electrons. The van der Waals surface area contributed by atoms with Crippen LogP contribution in [-0.2, 0) is 0 Å². The van der Waals surface area contributed by atoms with Crippen LogP contribution in [0.15, 0.2) is 46.1 Å². The van der Waals surface area contributed by atoms with Crippen LogP contribution in [-0.4, -0.2) is 20.2 Å². The molecule has 0 bridgehead atoms. The molecule has 2 heterocycles. The SMILES string of the molecule is Cc1nnc(-c2c[nH]c(=O)[nH]c2=O)cc1[C@H]1C[C@@H]1c1ccc(C#N)cc1. The normalized spacial score (nSPS) is 18.3. The van der Waals surface area contributed by atoms with Gasteiger partial charge in [0.25, 0.3) is 5.56 Å². The first kappa shape index (κ1) is 16.0. The summed E-state index contributed by atoms with van der Waals surface area (Å²) >= 11 is 0. The van der Waals surface area contributed by atoms with Crippen LogP contribution in [0.1, 0.15) is 40.6 Å². The smallest absolute Gasteiger partial charge is 0.313 e. The molecule has 0 saturated heterocycles. The first-order valence-corrected chi connectivity index (χ1v) is 8.23. The first-order valence-electron chi connectivity index (χ1n) is 8.23. The van der Waals surface area contributed by atoms with E-state index in [1.54, 1.807) is 0 Å². The van der Waals surface area contributed by atoms with E-state index in [2.05, 4.69) is 26.2 Å². The molecule has 2 aromatic heterocycles. The zero-order valence-electron chi connectivity index (χ0n) is 14.0. The quantitative estimate of drug-likeness (QED) is 0.753. The molecule has 1 aliphatic rings. The predicted octanol–water partition coefficient (Wildman–Crippen LogP) is 1.97. The average Bonchev–Trinajstić information content (AvgIpc) is 3.43. The summed E-state index contributed by atoms with van der Waals surface area (Å²) in [5, 5.41) is 17.2. The molecule has 2 atom stereocenters. The summed E-state index contributed by atoms with van der Waals surface area (Å²) in [5.74, 6) is 0.673. The topological polar surface area (TPSA) is 115 Å². The van der Waals surface area contributed by atoms with Gasteiger partial charge >= 0.3 is 5.69 Å². The Kier molecular flexibility index (Phi) is 3.73. The molecule has 2 N–H and O–H groups in total. The summed E-state index contributed by atoms with van der Waals surface area (Å²) in [4.78, 5) is 27.8. The zero-order chi connectivity index (χ0) is 18.3. The van der Waals surface area contributed by atoms with Crippen LogP contribution in [0.25, 0.3) is 11.3 Å². The minimum Gasteiger partial charge on any atom is -0.313 e. The van der Waals surface area contributed by atoms with Gasteiger partial charge in [-0.2, -0.15) is 10.4 Å². The van der Waals surface area contributed by atoms with Crippen LogP contribution in [0.2, 0.25) is 0 Å². The number of H-pyrrole nitrogens is 2. The van der Waals surface area contributed by atoms with E-state index in [1.807, 2.05) is 37.3 Å². The van der Waals surface area contributed by atoms with E-state index in [1.165, 1.54) is 11.8 Å². The molecule has 0 unspecified atom stereocenters. The third-order valence-corrected chi connectivity index (χ3v) is 4.77. The Morgan fingerprint density at radius 3 is 2.62 bits per heavy atom. The van der Waals surface area contributed by atoms with Gasteiger partial charge in [-0.3, -0.25) is 9.78 Å². The molecule has 7 heteroatoms. The Labute approximate surface area is 148 Å². The van der Waals surface area contributed by atoms with Crippen LogP contribution in [0, 0.1) is 18.3 Å². The molecule has 1 saturated carbocycles. The lowest BCUT2D eigenvalue weighted by Crippen LogP contribution is -2.23. The number of hydrogen-bond donors (Lipinski definition) is 2. The number of benzene rings is 1. The second-order valence-electron chi connectivity index (χ2n) is 6.44. The number of aryl methyl sites for hydroxylation is 1. The largest absolute Gasteiger partial charge is 0.325 e. The summed E-state index contributed by atoms with van der Waals surface area (Å²) in [7, 11) is 0. The lowest BCUT2D eigenvalue weighted by Gasteiger charge is -2.07. The summed E-state index contributed by atoms with van der Waals surface area (Å²) < 4.78 is 0. The van der Waals surface area contributed by atoms with Gasteiger partial charge in [-0.25, -0.2) is 4.79 Å². The van der Waals surface area contributed by atoms with Gasteiger partial charge in [0.1, 0.15) is 5.69 Å². The minimum atomic E-state index is -0.554. The summed E-state index contributed by atoms with van der Waals surface area (Å²) in [6, 6.07) is 11.6. The van der Waals surface area contributed by atoms with Gasteiger partial charge in [-0.15, -0.1) is 5.10 Å². The molecule has 128 valence electrons. The number of rotatable bonds is 3. The molecule has 1 fully saturated rings. The van der Waals surface area contributed by atoms with Crippen molar-refractivity contribution in [3.8, 4) is 17.3 Å². The second kappa shape index (κ2) is 6.08. The third-order valence-electron chi connectivity index (χ3n) is 4.77. The molecule has 4 rings (SSSR count). The molecule has 26 heavy (non-hydrogen) atoms. The summed E-state index contributed by atoms with van der Waals surface area (Å²) in [6.45, 7) is 1.90. The van der Waals surface area contributed by atoms with E-state index in [9.17, 15) is 9.59 Å². The van der Waals surface area contributed by atoms with Crippen LogP contribution >= 0.6 is 0 Å². The number of nitrogens with one attached hydrogen (secondary N) is 2. The van der Waals surface area contributed by atoms with Crippen LogP contribution in [0.5, 0.6) is 0 Å². The van der Waals surface area contributed by atoms with E-state index in [-0.39, 0.29) is 5.56 Å². The van der Waals surface area contributed by atoms with Gasteiger partial charge in [-0.1, -0.05) is 12.1 Å². The Morgan fingerprint density at radius 1 is 1.15 bits per heavy atom. The Hall–Kier alpha value is -3.53. The zero-order valence-corrected chi connectivity index (χ0v) is 14.0. The van der Waals surface area contributed by atoms with E-state index in [4.69, 9.17) is 5.26 Å². The maximum atomic E-state index is 12.0. The Morgan fingerprint density at radius 2 is 1.92 bits per heavy atom. The molecular weight excluding hydrogens is 330 g/mol. The highest BCUT2D eigenvalue weighted by Crippen LogP contribution is 2.55. The van der Waals surface area contributed by atoms with Crippen molar-refractivity contribution in [2.45, 2.75) is 25.2 Å². The predicted molar refractivity (Wildman–Crippen MR) is 94.7 cm³/mol. The Balaban J connectivity index is 1.66. The van der Waals surface area contributed by atoms with Crippen molar-refractivity contribution in [2.75, 3.05) is 0 Å². The fraction of sp³-hybridized carbons (Fsp3) is 0.211. The van der Waals surface area contributed by atoms with Crippen molar-refractivity contribution in [2.24, 2.45) is 0 Å². The van der Waals surface area contributed by atoms with E-state index < -0.39 is 11.2 Å². The molecule has 7 nitrogen and oxygen atoms in total. The van der Waals surface area contributed by atoms with Crippen molar-refractivity contribution in [3.63, 3.8) is 0 Å². The molecule has 3 aromatic rings. The number of aromatic amines is 2. The molecule has 0 spiro atoms. The summed E-state index contributed by atoms with van der Waals surface area (Å²) in [5.41, 5.74) is 3.40. The maximum absolute atomic E-state index is 12.0. The number of hydrogen-bond acceptors (Lipinski definition) is 5. The fourth-order valence-corrected chi connectivity index (χ4v) is 3.29. The van der Waals surface area contributed by atoms with Crippen molar-refractivity contribution in [3.05, 3.63) is 79.8 Å². The standard InChI is InChI=1S/C19H15N5O2/c1-10-13(15-6-14(15)12-4-2-11(8-20)3-5-12)7-17(24-23-10)16-9-21-19(26)22-18(16)25/h2-5,7,9,14-15H,6H2,1H3,(H2,21,22,25,26)/t14-,15-/m1/s1. The van der Waals surface area contributed by atoms with E-state index in [0.717, 1.165) is 17.7 Å². The molecule has 1 aromatic carbocycles. The van der Waals surface area contributed by atoms with Crippen molar-refractivity contribution < 1.29 is 0 Å². The monoisotopic (exact) mass is 345 g/mol. The van der Waals surface area contributed by atoms with Gasteiger partial charge in [0, 0.05) is 6.20 Å². The van der Waals surface area contributed by atoms with E-state index in [0.29, 0.717) is 23.1 Å². The van der Waals surface area contributed by atoms with Gasteiger partial charge < -0.3 is 4.98 Å². The van der Waals surface area contributed by atoms with Crippen LogP contribution < -0.4 is 11.2 Å². The number of nitriles is 1. The molecular formula is C19H15N5O2. The van der Waals surface area contributed by atoms with Crippen molar-refractivity contribution in [1.29, 1.82) is 5.26 Å². The number of nitrogens with zero attached hydrogens (tertiary/aromatic N) is 3. The highest BCUT2D eigenvalue weighted by atomic mass is 16.2. The van der Waals surface area contributed by atoms with Crippen LogP contribution in [0.3, 0.4) is 0 Å². The van der Waals surface area contributed by atoms with Gasteiger partial charge in [-0.05, 0) is 54.5 Å². The van der Waals surface area contributed by atoms with Crippen molar-refractivity contribution in [1.82, 2.24) is 20.2 Å². The Bertz CT molecular complexity index is 1140. The first-order chi connectivity index (χ1) is 12.6. The fourth-order valence-electron chi connectivity index (χ4n) is 3.29. The highest BCUT2D eigenvalue weighted by Gasteiger charge is 2.40. The van der Waals surface area contributed by atoms with Gasteiger partial charge in [0.2, 0.25) is 0 Å². The van der Waals surface area contributed by atoms with Gasteiger partial charge in [0.15, 0.2) is 0 Å². The molecule has 1 aliphatic carbocycles. The average molecular weight is 345 g/mol. The molecule has 0 amide bonds. The summed E-state index contributed by atoms with van der Waals surface area (Å²) in [6.07, 6.45) is 2.34. The second-order valence-corrected chi connectivity index (χ2v) is 6.44. The number of aromatic nitrogens is 4. The highest BCUT2D eigenvalue weighted by molar-refractivity contribution is 5.58. The lowest BCUT2D eigenvalue weighted by molar-refractivity contribution is 0.911. The maximum Gasteiger partial charge on any atom is 0.325 e. The third kappa shape index (κ3) is 2.82. The van der Waals surface area contributed by atoms with Gasteiger partial charge in [0.05, 0.1) is 22.9 Å². The van der Waals surface area contributed by atoms with Crippen LogP contribution in [0.4, 0.5) is 0 Å². The van der Waals surface area contributed by atoms with E-state index >= 15 is 0 Å². The lowest BCUT2D eigenvalue weighted by atomic mass is 10.0. The van der Waals surface area contributed by atoms with Crippen molar-refractivity contribution >= 4 is 0 Å². The molecule has 0 aliphatic heterocycles. The minimum absolute atomic E-state index is 0.286.